The topological polar surface area (TPSA) is 81.2 Å². The van der Waals surface area contributed by atoms with Crippen LogP contribution in [0.2, 0.25) is 0 Å². The Labute approximate surface area is 178 Å². The number of aryl methyl sites for hydroxylation is 1. The van der Waals surface area contributed by atoms with E-state index in [9.17, 15) is 4.79 Å². The fourth-order valence-corrected chi connectivity index (χ4v) is 2.58. The van der Waals surface area contributed by atoms with E-state index in [2.05, 4.69) is 26.4 Å². The molecular weight excluding hydrogens is 461 g/mol. The summed E-state index contributed by atoms with van der Waals surface area (Å²) < 4.78 is 16.1. The summed E-state index contributed by atoms with van der Waals surface area (Å²) in [6, 6.07) is 6.14. The minimum Gasteiger partial charge on any atom is -0.488 e. The van der Waals surface area contributed by atoms with Crippen LogP contribution in [0.1, 0.15) is 30.9 Å². The van der Waals surface area contributed by atoms with Crippen molar-refractivity contribution in [3.8, 4) is 5.75 Å². The maximum Gasteiger partial charge on any atom is 0.307 e. The molecule has 2 N–H and O–H groups in total. The number of methoxy groups -OCH3 is 1. The molecular formula is C19H30IN3O4. The van der Waals surface area contributed by atoms with Gasteiger partial charge in [0, 0.05) is 25.1 Å². The zero-order chi connectivity index (χ0) is 18.8. The van der Waals surface area contributed by atoms with Crippen LogP contribution in [0.4, 0.5) is 0 Å². The fraction of sp³-hybridized carbons (Fsp3) is 0.579. The van der Waals surface area contributed by atoms with E-state index in [1.807, 2.05) is 26.0 Å². The van der Waals surface area contributed by atoms with Gasteiger partial charge in [-0.05, 0) is 25.5 Å². The van der Waals surface area contributed by atoms with Gasteiger partial charge in [-0.2, -0.15) is 0 Å². The molecule has 7 nitrogen and oxygen atoms in total. The maximum atomic E-state index is 11.2. The van der Waals surface area contributed by atoms with Crippen LogP contribution < -0.4 is 15.4 Å². The number of ether oxygens (including phenoxy) is 3. The average molecular weight is 491 g/mol. The molecule has 8 heteroatoms. The number of nitrogens with one attached hydrogen (secondary N) is 2. The van der Waals surface area contributed by atoms with Crippen molar-refractivity contribution in [2.45, 2.75) is 39.3 Å². The first kappa shape index (κ1) is 23.5. The summed E-state index contributed by atoms with van der Waals surface area (Å²) in [6.45, 7) is 7.11. The van der Waals surface area contributed by atoms with Crippen molar-refractivity contribution in [3.05, 3.63) is 29.3 Å². The molecule has 1 heterocycles. The number of rotatable bonds is 8. The first-order chi connectivity index (χ1) is 12.6. The molecule has 0 aliphatic carbocycles. The summed E-state index contributed by atoms with van der Waals surface area (Å²) in [7, 11) is 1.38. The van der Waals surface area contributed by atoms with Crippen molar-refractivity contribution in [3.63, 3.8) is 0 Å². The Morgan fingerprint density at radius 2 is 2.19 bits per heavy atom. The predicted molar refractivity (Wildman–Crippen MR) is 116 cm³/mol. The summed E-state index contributed by atoms with van der Waals surface area (Å²) in [5.41, 5.74) is 2.17. The number of hydrogen-bond donors (Lipinski definition) is 2. The molecule has 0 bridgehead atoms. The van der Waals surface area contributed by atoms with Crippen molar-refractivity contribution < 1.29 is 19.0 Å². The van der Waals surface area contributed by atoms with E-state index >= 15 is 0 Å². The monoisotopic (exact) mass is 491 g/mol. The Bertz CT molecular complexity index is 619. The largest absolute Gasteiger partial charge is 0.488 e. The third kappa shape index (κ3) is 8.34. The first-order valence-corrected chi connectivity index (χ1v) is 9.05. The highest BCUT2D eigenvalue weighted by molar-refractivity contribution is 14.0. The molecule has 0 aromatic heterocycles. The van der Waals surface area contributed by atoms with Gasteiger partial charge in [-0.25, -0.2) is 4.99 Å². The summed E-state index contributed by atoms with van der Waals surface area (Å²) in [4.78, 5) is 15.8. The van der Waals surface area contributed by atoms with Gasteiger partial charge in [0.15, 0.2) is 5.96 Å². The number of guanidine groups is 1. The van der Waals surface area contributed by atoms with Crippen molar-refractivity contribution in [2.24, 2.45) is 4.99 Å². The highest BCUT2D eigenvalue weighted by atomic mass is 127. The van der Waals surface area contributed by atoms with Gasteiger partial charge >= 0.3 is 5.97 Å². The number of halogens is 1. The molecule has 1 atom stereocenters. The van der Waals surface area contributed by atoms with Crippen LogP contribution in [-0.4, -0.2) is 51.4 Å². The van der Waals surface area contributed by atoms with E-state index in [0.717, 1.165) is 36.4 Å². The summed E-state index contributed by atoms with van der Waals surface area (Å²) in [5.74, 6) is 1.27. The smallest absolute Gasteiger partial charge is 0.307 e. The normalized spacial score (nSPS) is 16.4. The van der Waals surface area contributed by atoms with Gasteiger partial charge in [-0.1, -0.05) is 12.1 Å². The molecule has 0 saturated carbocycles. The second-order valence-corrected chi connectivity index (χ2v) is 6.16. The highest BCUT2D eigenvalue weighted by Crippen LogP contribution is 2.24. The van der Waals surface area contributed by atoms with Crippen molar-refractivity contribution >= 4 is 35.9 Å². The lowest BCUT2D eigenvalue weighted by atomic mass is 10.1. The Morgan fingerprint density at radius 3 is 2.85 bits per heavy atom. The van der Waals surface area contributed by atoms with Gasteiger partial charge in [0.25, 0.3) is 0 Å². The molecule has 1 aliphatic heterocycles. The number of nitrogens with zero attached hydrogens (tertiary/aromatic N) is 1. The molecule has 1 aromatic carbocycles. The van der Waals surface area contributed by atoms with Crippen LogP contribution in [0.15, 0.2) is 23.2 Å². The quantitative estimate of drug-likeness (QED) is 0.252. The molecule has 0 radical (unpaired) electrons. The number of carbonyl (C=O) groups excluding carboxylic acids is 1. The maximum absolute atomic E-state index is 11.2. The Hall–Kier alpha value is -1.55. The number of hydrogen-bond acceptors (Lipinski definition) is 5. The van der Waals surface area contributed by atoms with E-state index in [-0.39, 0.29) is 36.0 Å². The van der Waals surface area contributed by atoms with Crippen molar-refractivity contribution in [1.29, 1.82) is 0 Å². The third-order valence-corrected chi connectivity index (χ3v) is 4.01. The van der Waals surface area contributed by atoms with E-state index in [1.165, 1.54) is 7.11 Å². The highest BCUT2D eigenvalue weighted by Gasteiger charge is 2.18. The van der Waals surface area contributed by atoms with Crippen LogP contribution in [0.5, 0.6) is 5.75 Å². The van der Waals surface area contributed by atoms with Gasteiger partial charge in [-0.15, -0.1) is 24.0 Å². The molecule has 2 rings (SSSR count). The molecule has 1 unspecified atom stereocenters. The van der Waals surface area contributed by atoms with Gasteiger partial charge in [-0.3, -0.25) is 4.79 Å². The van der Waals surface area contributed by atoms with Crippen LogP contribution in [-0.2, 0) is 20.8 Å². The average Bonchev–Trinajstić information content (AvgIpc) is 3.13. The van der Waals surface area contributed by atoms with Gasteiger partial charge < -0.3 is 24.8 Å². The molecule has 1 fully saturated rings. The number of benzene rings is 1. The SMILES string of the molecule is CCNC(=NCc1ccc(C)cc1OC1CCOC1)NCCC(=O)OC.I. The Balaban J connectivity index is 0.00000364. The summed E-state index contributed by atoms with van der Waals surface area (Å²) >= 11 is 0. The van der Waals surface area contributed by atoms with Crippen LogP contribution in [0, 0.1) is 6.92 Å². The minimum atomic E-state index is -0.249. The second-order valence-electron chi connectivity index (χ2n) is 6.16. The first-order valence-electron chi connectivity index (χ1n) is 9.05. The third-order valence-electron chi connectivity index (χ3n) is 4.01. The molecule has 1 saturated heterocycles. The number of esters is 1. The Morgan fingerprint density at radius 1 is 1.37 bits per heavy atom. The zero-order valence-electron chi connectivity index (χ0n) is 16.2. The molecule has 0 amide bonds. The van der Waals surface area contributed by atoms with E-state index in [0.29, 0.717) is 32.1 Å². The van der Waals surface area contributed by atoms with Gasteiger partial charge in [0.05, 0.1) is 33.3 Å². The number of carbonyl (C=O) groups is 1. The van der Waals surface area contributed by atoms with E-state index < -0.39 is 0 Å². The molecule has 152 valence electrons. The lowest BCUT2D eigenvalue weighted by Crippen LogP contribution is -2.38. The minimum absolute atomic E-state index is 0. The van der Waals surface area contributed by atoms with Gasteiger partial charge in [0.2, 0.25) is 0 Å². The fourth-order valence-electron chi connectivity index (χ4n) is 2.58. The summed E-state index contributed by atoms with van der Waals surface area (Å²) in [6.07, 6.45) is 1.31. The predicted octanol–water partition coefficient (Wildman–Crippen LogP) is 2.40. The van der Waals surface area contributed by atoms with Crippen molar-refractivity contribution in [2.75, 3.05) is 33.4 Å². The van der Waals surface area contributed by atoms with Gasteiger partial charge in [0.1, 0.15) is 11.9 Å². The van der Waals surface area contributed by atoms with Crippen LogP contribution >= 0.6 is 24.0 Å². The van der Waals surface area contributed by atoms with E-state index in [1.54, 1.807) is 0 Å². The van der Waals surface area contributed by atoms with Crippen LogP contribution in [0.3, 0.4) is 0 Å². The second kappa shape index (κ2) is 12.8. The summed E-state index contributed by atoms with van der Waals surface area (Å²) in [5, 5.41) is 6.31. The molecule has 1 aromatic rings. The molecule has 0 spiro atoms. The zero-order valence-corrected chi connectivity index (χ0v) is 18.6. The Kier molecular flexibility index (Phi) is 11.1. The lowest BCUT2D eigenvalue weighted by Gasteiger charge is -2.16. The molecule has 27 heavy (non-hydrogen) atoms. The van der Waals surface area contributed by atoms with E-state index in [4.69, 9.17) is 9.47 Å². The standard InChI is InChI=1S/C19H29N3O4.HI/c1-4-20-19(21-9-7-18(23)24-3)22-12-15-6-5-14(2)11-17(15)26-16-8-10-25-13-16;/h5-6,11,16H,4,7-10,12-13H2,1-3H3,(H2,20,21,22);1H. The molecule has 1 aliphatic rings. The number of aliphatic imine (C=N–C) groups is 1. The lowest BCUT2D eigenvalue weighted by molar-refractivity contribution is -0.140. The van der Waals surface area contributed by atoms with Crippen molar-refractivity contribution in [1.82, 2.24) is 10.6 Å². The van der Waals surface area contributed by atoms with Crippen LogP contribution in [0.25, 0.3) is 0 Å².